The SMILES string of the molecule is O=[N+]([O-])c1ccc(Cl)c([C@H](CC2CC2)N2CCNCC2)c1. The van der Waals surface area contributed by atoms with E-state index in [4.69, 9.17) is 11.6 Å². The summed E-state index contributed by atoms with van der Waals surface area (Å²) < 4.78 is 0. The second-order valence-electron chi connectivity index (χ2n) is 5.94. The van der Waals surface area contributed by atoms with E-state index < -0.39 is 0 Å². The van der Waals surface area contributed by atoms with E-state index in [1.54, 1.807) is 12.1 Å². The summed E-state index contributed by atoms with van der Waals surface area (Å²) in [5, 5.41) is 15.0. The molecule has 114 valence electrons. The Hall–Kier alpha value is -1.17. The Morgan fingerprint density at radius 3 is 2.71 bits per heavy atom. The molecule has 1 aliphatic carbocycles. The number of nitro benzene ring substituents is 1. The molecule has 0 radical (unpaired) electrons. The highest BCUT2D eigenvalue weighted by molar-refractivity contribution is 6.31. The van der Waals surface area contributed by atoms with E-state index in [-0.39, 0.29) is 16.7 Å². The lowest BCUT2D eigenvalue weighted by Gasteiger charge is -2.35. The van der Waals surface area contributed by atoms with Crippen molar-refractivity contribution in [3.05, 3.63) is 38.9 Å². The number of nitrogens with zero attached hydrogens (tertiary/aromatic N) is 2. The average Bonchev–Trinajstić information content (AvgIpc) is 3.30. The van der Waals surface area contributed by atoms with Gasteiger partial charge in [0, 0.05) is 49.4 Å². The maximum atomic E-state index is 11.0. The lowest BCUT2D eigenvalue weighted by Crippen LogP contribution is -2.45. The van der Waals surface area contributed by atoms with Crippen LogP contribution in [-0.2, 0) is 0 Å². The molecule has 21 heavy (non-hydrogen) atoms. The molecule has 1 saturated carbocycles. The molecule has 0 unspecified atom stereocenters. The molecule has 1 aromatic carbocycles. The van der Waals surface area contributed by atoms with E-state index >= 15 is 0 Å². The monoisotopic (exact) mass is 309 g/mol. The second-order valence-corrected chi connectivity index (χ2v) is 6.35. The highest BCUT2D eigenvalue weighted by Gasteiger charge is 2.32. The van der Waals surface area contributed by atoms with Crippen LogP contribution in [0.3, 0.4) is 0 Å². The van der Waals surface area contributed by atoms with Crippen LogP contribution in [0.4, 0.5) is 5.69 Å². The standard InChI is InChI=1S/C15H20ClN3O2/c16-14-4-3-12(19(20)21)10-13(14)15(9-11-1-2-11)18-7-5-17-6-8-18/h3-4,10-11,15,17H,1-2,5-9H2/t15-/m0/s1. The minimum absolute atomic E-state index is 0.130. The van der Waals surface area contributed by atoms with E-state index in [9.17, 15) is 10.1 Å². The Bertz CT molecular complexity index is 528. The zero-order chi connectivity index (χ0) is 14.8. The fourth-order valence-corrected chi connectivity index (χ4v) is 3.28. The van der Waals surface area contributed by atoms with E-state index in [0.717, 1.165) is 44.1 Å². The molecule has 0 spiro atoms. The summed E-state index contributed by atoms with van der Waals surface area (Å²) >= 11 is 6.35. The number of benzene rings is 1. The Morgan fingerprint density at radius 1 is 1.38 bits per heavy atom. The van der Waals surface area contributed by atoms with E-state index in [1.165, 1.54) is 18.9 Å². The average molecular weight is 310 g/mol. The third-order valence-electron chi connectivity index (χ3n) is 4.40. The molecule has 0 bridgehead atoms. The number of nitrogens with one attached hydrogen (secondary N) is 1. The summed E-state index contributed by atoms with van der Waals surface area (Å²) in [6.07, 6.45) is 3.60. The van der Waals surface area contributed by atoms with Crippen molar-refractivity contribution in [2.24, 2.45) is 5.92 Å². The number of rotatable bonds is 5. The lowest BCUT2D eigenvalue weighted by molar-refractivity contribution is -0.385. The van der Waals surface area contributed by atoms with Gasteiger partial charge in [-0.25, -0.2) is 0 Å². The first-order chi connectivity index (χ1) is 10.1. The van der Waals surface area contributed by atoms with Crippen LogP contribution >= 0.6 is 11.6 Å². The summed E-state index contributed by atoms with van der Waals surface area (Å²) in [4.78, 5) is 13.1. The van der Waals surface area contributed by atoms with Gasteiger partial charge < -0.3 is 5.32 Å². The van der Waals surface area contributed by atoms with E-state index in [0.29, 0.717) is 5.02 Å². The highest BCUT2D eigenvalue weighted by atomic mass is 35.5. The molecule has 1 aliphatic heterocycles. The Morgan fingerprint density at radius 2 is 2.10 bits per heavy atom. The smallest absolute Gasteiger partial charge is 0.269 e. The zero-order valence-electron chi connectivity index (χ0n) is 11.9. The maximum absolute atomic E-state index is 11.0. The fourth-order valence-electron chi connectivity index (χ4n) is 3.04. The molecule has 1 atom stereocenters. The molecule has 0 aromatic heterocycles. The van der Waals surface area contributed by atoms with Crippen LogP contribution in [0.15, 0.2) is 18.2 Å². The Kier molecular flexibility index (Phi) is 4.42. The first-order valence-corrected chi connectivity index (χ1v) is 7.91. The van der Waals surface area contributed by atoms with Crippen molar-refractivity contribution in [1.82, 2.24) is 10.2 Å². The first kappa shape index (κ1) is 14.8. The number of hydrogen-bond donors (Lipinski definition) is 1. The van der Waals surface area contributed by atoms with Crippen LogP contribution in [-0.4, -0.2) is 36.0 Å². The molecule has 1 heterocycles. The van der Waals surface area contributed by atoms with Crippen LogP contribution in [0.2, 0.25) is 5.02 Å². The number of piperazine rings is 1. The van der Waals surface area contributed by atoms with Gasteiger partial charge in [-0.15, -0.1) is 0 Å². The molecule has 5 nitrogen and oxygen atoms in total. The molecular formula is C15H20ClN3O2. The molecule has 2 fully saturated rings. The van der Waals surface area contributed by atoms with Gasteiger partial charge in [-0.05, 0) is 24.0 Å². The van der Waals surface area contributed by atoms with Crippen molar-refractivity contribution in [2.45, 2.75) is 25.3 Å². The third-order valence-corrected chi connectivity index (χ3v) is 4.74. The summed E-state index contributed by atoms with van der Waals surface area (Å²) in [6.45, 7) is 3.87. The summed E-state index contributed by atoms with van der Waals surface area (Å²) in [6, 6.07) is 5.01. The van der Waals surface area contributed by atoms with Crippen LogP contribution in [0, 0.1) is 16.0 Å². The van der Waals surface area contributed by atoms with Gasteiger partial charge in [0.15, 0.2) is 0 Å². The molecule has 1 N–H and O–H groups in total. The van der Waals surface area contributed by atoms with Crippen LogP contribution < -0.4 is 5.32 Å². The van der Waals surface area contributed by atoms with Crippen molar-refractivity contribution < 1.29 is 4.92 Å². The van der Waals surface area contributed by atoms with Crippen molar-refractivity contribution in [3.8, 4) is 0 Å². The topological polar surface area (TPSA) is 58.4 Å². The quantitative estimate of drug-likeness (QED) is 0.671. The lowest BCUT2D eigenvalue weighted by atomic mass is 9.98. The van der Waals surface area contributed by atoms with Crippen LogP contribution in [0.1, 0.15) is 30.9 Å². The normalized spacial score (nSPS) is 21.2. The minimum Gasteiger partial charge on any atom is -0.314 e. The van der Waals surface area contributed by atoms with Gasteiger partial charge in [-0.1, -0.05) is 24.4 Å². The predicted molar refractivity (Wildman–Crippen MR) is 82.6 cm³/mol. The van der Waals surface area contributed by atoms with Crippen molar-refractivity contribution >= 4 is 17.3 Å². The van der Waals surface area contributed by atoms with Gasteiger partial charge in [0.05, 0.1) is 4.92 Å². The molecule has 2 aliphatic rings. The van der Waals surface area contributed by atoms with Crippen molar-refractivity contribution in [3.63, 3.8) is 0 Å². The number of halogens is 1. The summed E-state index contributed by atoms with van der Waals surface area (Å²) in [5.74, 6) is 0.750. The molecule has 6 heteroatoms. The number of hydrogen-bond acceptors (Lipinski definition) is 4. The van der Waals surface area contributed by atoms with E-state index in [2.05, 4.69) is 10.2 Å². The van der Waals surface area contributed by atoms with Crippen LogP contribution in [0.5, 0.6) is 0 Å². The van der Waals surface area contributed by atoms with Crippen molar-refractivity contribution in [1.29, 1.82) is 0 Å². The summed E-state index contributed by atoms with van der Waals surface area (Å²) in [5.41, 5.74) is 1.05. The van der Waals surface area contributed by atoms with Crippen LogP contribution in [0.25, 0.3) is 0 Å². The highest BCUT2D eigenvalue weighted by Crippen LogP contribution is 2.42. The maximum Gasteiger partial charge on any atom is 0.269 e. The second kappa shape index (κ2) is 6.30. The molecule has 1 saturated heterocycles. The van der Waals surface area contributed by atoms with E-state index in [1.807, 2.05) is 0 Å². The predicted octanol–water partition coefficient (Wildman–Crippen LogP) is 2.99. The number of nitro groups is 1. The summed E-state index contributed by atoms with van der Waals surface area (Å²) in [7, 11) is 0. The minimum atomic E-state index is -0.341. The fraction of sp³-hybridized carbons (Fsp3) is 0.600. The Balaban J connectivity index is 1.90. The van der Waals surface area contributed by atoms with Gasteiger partial charge in [-0.2, -0.15) is 0 Å². The molecule has 3 rings (SSSR count). The van der Waals surface area contributed by atoms with Gasteiger partial charge >= 0.3 is 0 Å². The third kappa shape index (κ3) is 3.54. The van der Waals surface area contributed by atoms with Gasteiger partial charge in [0.2, 0.25) is 0 Å². The number of non-ortho nitro benzene ring substituents is 1. The van der Waals surface area contributed by atoms with Gasteiger partial charge in [0.25, 0.3) is 5.69 Å². The first-order valence-electron chi connectivity index (χ1n) is 7.54. The van der Waals surface area contributed by atoms with Gasteiger partial charge in [-0.3, -0.25) is 15.0 Å². The zero-order valence-corrected chi connectivity index (χ0v) is 12.7. The molecule has 1 aromatic rings. The van der Waals surface area contributed by atoms with Gasteiger partial charge in [0.1, 0.15) is 0 Å². The largest absolute Gasteiger partial charge is 0.314 e. The molecule has 0 amide bonds. The Labute approximate surface area is 129 Å². The molecular weight excluding hydrogens is 290 g/mol. The van der Waals surface area contributed by atoms with Crippen molar-refractivity contribution in [2.75, 3.05) is 26.2 Å².